The highest BCUT2D eigenvalue weighted by Gasteiger charge is 2.12. The van der Waals surface area contributed by atoms with Gasteiger partial charge in [0.15, 0.2) is 0 Å². The zero-order chi connectivity index (χ0) is 11.4. The van der Waals surface area contributed by atoms with Crippen molar-refractivity contribution in [2.75, 3.05) is 6.54 Å². The summed E-state index contributed by atoms with van der Waals surface area (Å²) >= 11 is 0. The van der Waals surface area contributed by atoms with E-state index in [4.69, 9.17) is 5.73 Å². The molecule has 0 aliphatic carbocycles. The fourth-order valence-corrected chi connectivity index (χ4v) is 1.19. The summed E-state index contributed by atoms with van der Waals surface area (Å²) in [7, 11) is 0. The van der Waals surface area contributed by atoms with Crippen LogP contribution in [0.25, 0.3) is 0 Å². The average Bonchev–Trinajstić information content (AvgIpc) is 2.17. The minimum Gasteiger partial charge on any atom is -0.507 e. The Balaban J connectivity index is 2.82. The molecule has 0 aliphatic rings. The number of hydrogen-bond donors (Lipinski definition) is 3. The lowest BCUT2D eigenvalue weighted by molar-refractivity contribution is 0.0938. The van der Waals surface area contributed by atoms with E-state index in [1.165, 1.54) is 0 Å². The van der Waals surface area contributed by atoms with E-state index in [1.807, 2.05) is 13.8 Å². The molecular weight excluding hydrogens is 192 g/mol. The first-order valence-electron chi connectivity index (χ1n) is 4.85. The summed E-state index contributed by atoms with van der Waals surface area (Å²) in [6.07, 6.45) is 0. The Morgan fingerprint density at radius 1 is 1.60 bits per heavy atom. The monoisotopic (exact) mass is 208 g/mol. The lowest BCUT2D eigenvalue weighted by Gasteiger charge is -2.12. The van der Waals surface area contributed by atoms with Crippen LogP contribution >= 0.6 is 0 Å². The highest BCUT2D eigenvalue weighted by Crippen LogP contribution is 2.18. The molecule has 0 fully saturated rings. The summed E-state index contributed by atoms with van der Waals surface area (Å²) in [6.45, 7) is 4.03. The van der Waals surface area contributed by atoms with Crippen LogP contribution in [0.4, 0.5) is 0 Å². The molecule has 4 N–H and O–H groups in total. The summed E-state index contributed by atoms with van der Waals surface area (Å²) in [6, 6.07) is 4.84. The number of phenolic OH excluding ortho intramolecular Hbond substituents is 1. The third kappa shape index (κ3) is 2.95. The molecule has 1 aromatic carbocycles. The van der Waals surface area contributed by atoms with Crippen LogP contribution in [0, 0.1) is 6.92 Å². The zero-order valence-corrected chi connectivity index (χ0v) is 8.95. The molecule has 0 radical (unpaired) electrons. The van der Waals surface area contributed by atoms with Crippen LogP contribution in [0.15, 0.2) is 18.2 Å². The number of amides is 1. The molecule has 1 aromatic rings. The average molecular weight is 208 g/mol. The van der Waals surface area contributed by atoms with Gasteiger partial charge < -0.3 is 16.2 Å². The minimum absolute atomic E-state index is 0.00304. The predicted octanol–water partition coefficient (Wildman–Crippen LogP) is 0.778. The number of hydrogen-bond acceptors (Lipinski definition) is 3. The maximum absolute atomic E-state index is 11.6. The lowest BCUT2D eigenvalue weighted by atomic mass is 10.1. The standard InChI is InChI=1S/C11H16N2O2/c1-7-3-4-9(10(14)5-7)11(15)13-8(2)6-12/h3-5,8,14H,6,12H2,1-2H3,(H,13,15)/t8-/m1/s1. The summed E-state index contributed by atoms with van der Waals surface area (Å²) in [5.74, 6) is -0.304. The van der Waals surface area contributed by atoms with Gasteiger partial charge in [0.2, 0.25) is 0 Å². The smallest absolute Gasteiger partial charge is 0.255 e. The first kappa shape index (κ1) is 11.5. The molecule has 1 rings (SSSR count). The Bertz CT molecular complexity index is 364. The van der Waals surface area contributed by atoms with Crippen molar-refractivity contribution in [3.8, 4) is 5.75 Å². The molecule has 0 saturated carbocycles. The number of aromatic hydroxyl groups is 1. The van der Waals surface area contributed by atoms with Crippen molar-refractivity contribution in [1.29, 1.82) is 0 Å². The first-order valence-corrected chi connectivity index (χ1v) is 4.85. The molecule has 0 saturated heterocycles. The van der Waals surface area contributed by atoms with Crippen molar-refractivity contribution in [2.45, 2.75) is 19.9 Å². The van der Waals surface area contributed by atoms with E-state index < -0.39 is 0 Å². The molecule has 1 atom stereocenters. The fraction of sp³-hybridized carbons (Fsp3) is 0.364. The molecule has 15 heavy (non-hydrogen) atoms. The highest BCUT2D eigenvalue weighted by atomic mass is 16.3. The predicted molar refractivity (Wildman–Crippen MR) is 58.8 cm³/mol. The molecule has 0 aromatic heterocycles. The van der Waals surface area contributed by atoms with E-state index in [0.717, 1.165) is 5.56 Å². The quantitative estimate of drug-likeness (QED) is 0.687. The van der Waals surface area contributed by atoms with Crippen molar-refractivity contribution >= 4 is 5.91 Å². The Hall–Kier alpha value is -1.55. The summed E-state index contributed by atoms with van der Waals surface area (Å²) in [4.78, 5) is 11.6. The number of nitrogens with two attached hydrogens (primary N) is 1. The van der Waals surface area contributed by atoms with E-state index in [0.29, 0.717) is 6.54 Å². The third-order valence-corrected chi connectivity index (χ3v) is 2.13. The van der Waals surface area contributed by atoms with E-state index in [2.05, 4.69) is 5.32 Å². The number of phenols is 1. The Labute approximate surface area is 89.1 Å². The lowest BCUT2D eigenvalue weighted by Crippen LogP contribution is -2.37. The van der Waals surface area contributed by atoms with Crippen LogP contribution in [-0.4, -0.2) is 23.6 Å². The molecule has 0 aliphatic heterocycles. The van der Waals surface area contributed by atoms with Gasteiger partial charge in [-0.15, -0.1) is 0 Å². The molecule has 0 unspecified atom stereocenters. The van der Waals surface area contributed by atoms with Gasteiger partial charge in [0, 0.05) is 12.6 Å². The van der Waals surface area contributed by atoms with Crippen LogP contribution in [-0.2, 0) is 0 Å². The van der Waals surface area contributed by atoms with Gasteiger partial charge >= 0.3 is 0 Å². The molecular formula is C11H16N2O2. The molecule has 82 valence electrons. The SMILES string of the molecule is Cc1ccc(C(=O)N[C@H](C)CN)c(O)c1. The fourth-order valence-electron chi connectivity index (χ4n) is 1.19. The van der Waals surface area contributed by atoms with Gasteiger partial charge in [0.05, 0.1) is 5.56 Å². The minimum atomic E-state index is -0.301. The highest BCUT2D eigenvalue weighted by molar-refractivity contribution is 5.97. The molecule has 0 heterocycles. The van der Waals surface area contributed by atoms with Crippen LogP contribution in [0.3, 0.4) is 0 Å². The normalized spacial score (nSPS) is 12.2. The summed E-state index contributed by atoms with van der Waals surface area (Å²) < 4.78 is 0. The van der Waals surface area contributed by atoms with Crippen molar-refractivity contribution in [2.24, 2.45) is 5.73 Å². The van der Waals surface area contributed by atoms with Gasteiger partial charge in [-0.1, -0.05) is 6.07 Å². The van der Waals surface area contributed by atoms with Gasteiger partial charge in [-0.3, -0.25) is 4.79 Å². The Kier molecular flexibility index (Phi) is 3.68. The maximum atomic E-state index is 11.6. The van der Waals surface area contributed by atoms with Gasteiger partial charge in [0.1, 0.15) is 5.75 Å². The van der Waals surface area contributed by atoms with Crippen LogP contribution < -0.4 is 11.1 Å². The number of carbonyl (C=O) groups excluding carboxylic acids is 1. The van der Waals surface area contributed by atoms with Gasteiger partial charge in [-0.25, -0.2) is 0 Å². The molecule has 1 amide bonds. The molecule has 0 bridgehead atoms. The summed E-state index contributed by atoms with van der Waals surface area (Å²) in [5.41, 5.74) is 6.57. The zero-order valence-electron chi connectivity index (χ0n) is 8.95. The molecule has 4 nitrogen and oxygen atoms in total. The van der Waals surface area contributed by atoms with Crippen molar-refractivity contribution in [1.82, 2.24) is 5.32 Å². The van der Waals surface area contributed by atoms with Crippen LogP contribution in [0.1, 0.15) is 22.8 Å². The van der Waals surface area contributed by atoms with Gasteiger partial charge in [-0.2, -0.15) is 0 Å². The number of aryl methyl sites for hydroxylation is 1. The van der Waals surface area contributed by atoms with E-state index in [1.54, 1.807) is 18.2 Å². The Morgan fingerprint density at radius 3 is 2.80 bits per heavy atom. The van der Waals surface area contributed by atoms with E-state index >= 15 is 0 Å². The topological polar surface area (TPSA) is 75.4 Å². The van der Waals surface area contributed by atoms with Gasteiger partial charge in [-0.05, 0) is 31.5 Å². The number of nitrogens with one attached hydrogen (secondary N) is 1. The Morgan fingerprint density at radius 2 is 2.27 bits per heavy atom. The second kappa shape index (κ2) is 4.79. The van der Waals surface area contributed by atoms with Crippen LogP contribution in [0.2, 0.25) is 0 Å². The van der Waals surface area contributed by atoms with Crippen molar-refractivity contribution in [3.05, 3.63) is 29.3 Å². The largest absolute Gasteiger partial charge is 0.507 e. The second-order valence-corrected chi connectivity index (χ2v) is 3.63. The maximum Gasteiger partial charge on any atom is 0.255 e. The number of benzene rings is 1. The van der Waals surface area contributed by atoms with Gasteiger partial charge in [0.25, 0.3) is 5.91 Å². The summed E-state index contributed by atoms with van der Waals surface area (Å²) in [5, 5.41) is 12.2. The van der Waals surface area contributed by atoms with Crippen molar-refractivity contribution in [3.63, 3.8) is 0 Å². The first-order chi connectivity index (χ1) is 7.04. The van der Waals surface area contributed by atoms with E-state index in [9.17, 15) is 9.90 Å². The number of carbonyl (C=O) groups is 1. The van der Waals surface area contributed by atoms with Crippen LogP contribution in [0.5, 0.6) is 5.75 Å². The molecule has 4 heteroatoms. The number of rotatable bonds is 3. The molecule has 0 spiro atoms. The van der Waals surface area contributed by atoms with Crippen molar-refractivity contribution < 1.29 is 9.90 Å². The van der Waals surface area contributed by atoms with E-state index in [-0.39, 0.29) is 23.3 Å². The second-order valence-electron chi connectivity index (χ2n) is 3.63. The third-order valence-electron chi connectivity index (χ3n) is 2.13.